The standard InChI is InChI=1S/C7H5IN2/c8-10-7-4-2-1-3-6(7)5-9/h1-4,10H. The predicted molar refractivity (Wildman–Crippen MR) is 48.8 cm³/mol. The van der Waals surface area contributed by atoms with Crippen LogP contribution in [0.4, 0.5) is 5.69 Å². The number of nitrogens with one attached hydrogen (secondary N) is 1. The molecule has 0 unspecified atom stereocenters. The summed E-state index contributed by atoms with van der Waals surface area (Å²) >= 11 is 2.00. The first kappa shape index (κ1) is 7.35. The zero-order chi connectivity index (χ0) is 7.40. The molecule has 0 saturated carbocycles. The van der Waals surface area contributed by atoms with Crippen molar-refractivity contribution in [3.05, 3.63) is 29.8 Å². The smallest absolute Gasteiger partial charge is 0.101 e. The molecule has 10 heavy (non-hydrogen) atoms. The SMILES string of the molecule is N#Cc1ccccc1NI. The van der Waals surface area contributed by atoms with Gasteiger partial charge in [-0.2, -0.15) is 5.26 Å². The zero-order valence-electron chi connectivity index (χ0n) is 5.13. The third kappa shape index (κ3) is 1.39. The fraction of sp³-hybridized carbons (Fsp3) is 0. The number of rotatable bonds is 1. The van der Waals surface area contributed by atoms with Crippen molar-refractivity contribution >= 4 is 28.6 Å². The van der Waals surface area contributed by atoms with Crippen molar-refractivity contribution in [2.45, 2.75) is 0 Å². The van der Waals surface area contributed by atoms with Crippen LogP contribution >= 0.6 is 22.9 Å². The summed E-state index contributed by atoms with van der Waals surface area (Å²) in [4.78, 5) is 0. The minimum Gasteiger partial charge on any atom is -0.327 e. The average Bonchev–Trinajstić information content (AvgIpc) is 2.04. The molecule has 1 aromatic rings. The molecule has 0 aliphatic rings. The number of halogens is 1. The van der Waals surface area contributed by atoms with Gasteiger partial charge in [0.2, 0.25) is 0 Å². The summed E-state index contributed by atoms with van der Waals surface area (Å²) in [5.41, 5.74) is 1.54. The summed E-state index contributed by atoms with van der Waals surface area (Å²) in [5.74, 6) is 0. The van der Waals surface area contributed by atoms with Crippen molar-refractivity contribution in [2.24, 2.45) is 0 Å². The summed E-state index contributed by atoms with van der Waals surface area (Å²) in [6.45, 7) is 0. The van der Waals surface area contributed by atoms with Gasteiger partial charge in [0.25, 0.3) is 0 Å². The van der Waals surface area contributed by atoms with Gasteiger partial charge in [0.15, 0.2) is 0 Å². The van der Waals surface area contributed by atoms with Crippen LogP contribution < -0.4 is 3.53 Å². The second-order valence-electron chi connectivity index (χ2n) is 1.75. The lowest BCUT2D eigenvalue weighted by Crippen LogP contribution is -1.83. The van der Waals surface area contributed by atoms with Gasteiger partial charge in [0.1, 0.15) is 6.07 Å². The van der Waals surface area contributed by atoms with E-state index in [1.165, 1.54) is 0 Å². The van der Waals surface area contributed by atoms with Gasteiger partial charge >= 0.3 is 0 Å². The zero-order valence-corrected chi connectivity index (χ0v) is 7.29. The first-order valence-electron chi connectivity index (χ1n) is 2.74. The van der Waals surface area contributed by atoms with Gasteiger partial charge < -0.3 is 3.53 Å². The van der Waals surface area contributed by atoms with Crippen LogP contribution in [0.25, 0.3) is 0 Å². The van der Waals surface area contributed by atoms with E-state index in [4.69, 9.17) is 5.26 Å². The molecule has 1 N–H and O–H groups in total. The van der Waals surface area contributed by atoms with Crippen molar-refractivity contribution in [3.8, 4) is 6.07 Å². The molecule has 0 saturated heterocycles. The third-order valence-electron chi connectivity index (χ3n) is 1.15. The van der Waals surface area contributed by atoms with Crippen molar-refractivity contribution < 1.29 is 0 Å². The van der Waals surface area contributed by atoms with Gasteiger partial charge in [-0.3, -0.25) is 0 Å². The van der Waals surface area contributed by atoms with E-state index in [1.807, 2.05) is 41.1 Å². The van der Waals surface area contributed by atoms with E-state index in [9.17, 15) is 0 Å². The summed E-state index contributed by atoms with van der Waals surface area (Å²) in [7, 11) is 0. The lowest BCUT2D eigenvalue weighted by atomic mass is 10.2. The average molecular weight is 244 g/mol. The molecule has 0 heterocycles. The summed E-state index contributed by atoms with van der Waals surface area (Å²) in [5, 5.41) is 8.56. The molecule has 0 radical (unpaired) electrons. The predicted octanol–water partition coefficient (Wildman–Crippen LogP) is 2.32. The highest BCUT2D eigenvalue weighted by atomic mass is 127. The number of hydrogen-bond donors (Lipinski definition) is 1. The number of anilines is 1. The van der Waals surface area contributed by atoms with Crippen LogP contribution in [0, 0.1) is 11.3 Å². The maximum absolute atomic E-state index is 8.56. The lowest BCUT2D eigenvalue weighted by molar-refractivity contribution is 1.49. The number of nitriles is 1. The molecular formula is C7H5IN2. The molecule has 50 valence electrons. The Balaban J connectivity index is 3.12. The number of nitrogens with zero attached hydrogens (tertiary/aromatic N) is 1. The number of benzene rings is 1. The van der Waals surface area contributed by atoms with Crippen LogP contribution in [-0.4, -0.2) is 0 Å². The van der Waals surface area contributed by atoms with Crippen molar-refractivity contribution in [1.29, 1.82) is 5.26 Å². The fourth-order valence-corrected chi connectivity index (χ4v) is 1.13. The molecule has 2 nitrogen and oxygen atoms in total. The van der Waals surface area contributed by atoms with E-state index >= 15 is 0 Å². The molecule has 0 aliphatic heterocycles. The van der Waals surface area contributed by atoms with Gasteiger partial charge in [0.05, 0.1) is 34.1 Å². The van der Waals surface area contributed by atoms with E-state index in [0.717, 1.165) is 5.69 Å². The van der Waals surface area contributed by atoms with Crippen LogP contribution in [0.3, 0.4) is 0 Å². The fourth-order valence-electron chi connectivity index (χ4n) is 0.663. The summed E-state index contributed by atoms with van der Waals surface area (Å²) in [6.07, 6.45) is 0. The van der Waals surface area contributed by atoms with E-state index < -0.39 is 0 Å². The maximum Gasteiger partial charge on any atom is 0.101 e. The van der Waals surface area contributed by atoms with Crippen molar-refractivity contribution in [2.75, 3.05) is 3.53 Å². The molecule has 1 rings (SSSR count). The highest BCUT2D eigenvalue weighted by molar-refractivity contribution is 14.1. The second-order valence-corrected chi connectivity index (χ2v) is 2.29. The van der Waals surface area contributed by atoms with Crippen LogP contribution in [0.15, 0.2) is 24.3 Å². The summed E-state index contributed by atoms with van der Waals surface area (Å²) in [6, 6.07) is 9.46. The third-order valence-corrected chi connectivity index (χ3v) is 1.73. The molecule has 0 bridgehead atoms. The van der Waals surface area contributed by atoms with Gasteiger partial charge in [-0.05, 0) is 12.1 Å². The van der Waals surface area contributed by atoms with E-state index in [1.54, 1.807) is 6.07 Å². The monoisotopic (exact) mass is 244 g/mol. The molecular weight excluding hydrogens is 239 g/mol. The molecule has 1 aromatic carbocycles. The Morgan fingerprint density at radius 1 is 1.40 bits per heavy atom. The Kier molecular flexibility index (Phi) is 2.51. The normalized spacial score (nSPS) is 8.40. The summed E-state index contributed by atoms with van der Waals surface area (Å²) < 4.78 is 2.89. The van der Waals surface area contributed by atoms with Gasteiger partial charge in [-0.15, -0.1) is 0 Å². The second kappa shape index (κ2) is 3.42. The largest absolute Gasteiger partial charge is 0.327 e. The number of para-hydroxylation sites is 1. The Bertz CT molecular complexity index is 265. The lowest BCUT2D eigenvalue weighted by Gasteiger charge is -1.97. The van der Waals surface area contributed by atoms with E-state index in [2.05, 4.69) is 9.60 Å². The Morgan fingerprint density at radius 2 is 2.10 bits per heavy atom. The van der Waals surface area contributed by atoms with Crippen LogP contribution in [0.1, 0.15) is 5.56 Å². The first-order valence-corrected chi connectivity index (χ1v) is 3.82. The molecule has 0 aliphatic carbocycles. The van der Waals surface area contributed by atoms with Gasteiger partial charge in [0, 0.05) is 0 Å². The van der Waals surface area contributed by atoms with Gasteiger partial charge in [-0.25, -0.2) is 0 Å². The Labute approximate surface area is 73.4 Å². The topological polar surface area (TPSA) is 35.8 Å². The highest BCUT2D eigenvalue weighted by Gasteiger charge is 1.95. The molecule has 0 amide bonds. The Morgan fingerprint density at radius 3 is 2.60 bits per heavy atom. The molecule has 0 aromatic heterocycles. The minimum atomic E-state index is 0.678. The minimum absolute atomic E-state index is 0.678. The quantitative estimate of drug-likeness (QED) is 0.607. The first-order chi connectivity index (χ1) is 4.88. The maximum atomic E-state index is 8.56. The molecule has 0 atom stereocenters. The van der Waals surface area contributed by atoms with Crippen LogP contribution in [-0.2, 0) is 0 Å². The Hall–Kier alpha value is -0.760. The van der Waals surface area contributed by atoms with Crippen LogP contribution in [0.5, 0.6) is 0 Å². The molecule has 0 spiro atoms. The van der Waals surface area contributed by atoms with Crippen molar-refractivity contribution in [3.63, 3.8) is 0 Å². The van der Waals surface area contributed by atoms with Gasteiger partial charge in [-0.1, -0.05) is 12.1 Å². The van der Waals surface area contributed by atoms with Crippen molar-refractivity contribution in [1.82, 2.24) is 0 Å². The highest BCUT2D eigenvalue weighted by Crippen LogP contribution is 2.14. The van der Waals surface area contributed by atoms with E-state index in [-0.39, 0.29) is 0 Å². The van der Waals surface area contributed by atoms with E-state index in [0.29, 0.717) is 5.56 Å². The van der Waals surface area contributed by atoms with Crippen LogP contribution in [0.2, 0.25) is 0 Å². The number of hydrogen-bond acceptors (Lipinski definition) is 2. The molecule has 0 fully saturated rings. The molecule has 3 heteroatoms.